The summed E-state index contributed by atoms with van der Waals surface area (Å²) in [7, 11) is 0. The number of rotatable bonds is 0. The third-order valence-corrected chi connectivity index (χ3v) is 3.86. The molecule has 3 nitrogen and oxygen atoms in total. The maximum atomic E-state index is 4.63. The molecule has 0 bridgehead atoms. The standard InChI is InChI=1S/C13H15N3S/c1-2-4-12-11(3-1)5-6-13(15-17-12)16-9-7-14-8-10-16/h1-6,14H,7-10H2. The highest BCUT2D eigenvalue weighted by Crippen LogP contribution is 2.27. The van der Waals surface area contributed by atoms with Crippen LogP contribution in [0.25, 0.3) is 6.08 Å². The van der Waals surface area contributed by atoms with E-state index in [1.54, 1.807) is 11.9 Å². The molecule has 1 N–H and O–H groups in total. The molecule has 0 spiro atoms. The maximum Gasteiger partial charge on any atom is 0.137 e. The zero-order valence-corrected chi connectivity index (χ0v) is 10.4. The number of piperazine rings is 1. The molecule has 88 valence electrons. The summed E-state index contributed by atoms with van der Waals surface area (Å²) in [6.07, 6.45) is 4.29. The number of nitrogens with zero attached hydrogens (tertiary/aromatic N) is 2. The van der Waals surface area contributed by atoms with Crippen LogP contribution < -0.4 is 5.32 Å². The van der Waals surface area contributed by atoms with Crippen LogP contribution in [0.1, 0.15) is 5.56 Å². The molecule has 0 radical (unpaired) electrons. The fraction of sp³-hybridized carbons (Fsp3) is 0.308. The van der Waals surface area contributed by atoms with E-state index in [-0.39, 0.29) is 0 Å². The van der Waals surface area contributed by atoms with Gasteiger partial charge in [0.25, 0.3) is 0 Å². The van der Waals surface area contributed by atoms with Crippen LogP contribution in [-0.4, -0.2) is 36.9 Å². The van der Waals surface area contributed by atoms with Crippen molar-refractivity contribution in [3.63, 3.8) is 0 Å². The Morgan fingerprint density at radius 1 is 1.12 bits per heavy atom. The quantitative estimate of drug-likeness (QED) is 0.709. The van der Waals surface area contributed by atoms with Gasteiger partial charge in [0, 0.05) is 43.0 Å². The molecule has 2 heterocycles. The number of benzene rings is 1. The van der Waals surface area contributed by atoms with E-state index in [0.717, 1.165) is 32.0 Å². The monoisotopic (exact) mass is 245 g/mol. The first-order chi connectivity index (χ1) is 8.43. The van der Waals surface area contributed by atoms with Crippen molar-refractivity contribution in [3.05, 3.63) is 35.9 Å². The molecule has 4 heteroatoms. The van der Waals surface area contributed by atoms with Crippen LogP contribution in [-0.2, 0) is 0 Å². The van der Waals surface area contributed by atoms with Gasteiger partial charge in [-0.2, -0.15) is 4.40 Å². The normalized spacial score (nSPS) is 19.5. The molecule has 0 aliphatic carbocycles. The lowest BCUT2D eigenvalue weighted by molar-refractivity contribution is 0.360. The third kappa shape index (κ3) is 2.37. The first-order valence-corrected chi connectivity index (χ1v) is 6.68. The minimum atomic E-state index is 1.04. The highest BCUT2D eigenvalue weighted by Gasteiger charge is 2.14. The highest BCUT2D eigenvalue weighted by atomic mass is 32.2. The smallest absolute Gasteiger partial charge is 0.137 e. The molecule has 17 heavy (non-hydrogen) atoms. The van der Waals surface area contributed by atoms with Gasteiger partial charge in [0.2, 0.25) is 0 Å². The van der Waals surface area contributed by atoms with Gasteiger partial charge in [0.15, 0.2) is 0 Å². The van der Waals surface area contributed by atoms with Crippen molar-refractivity contribution >= 4 is 23.9 Å². The van der Waals surface area contributed by atoms with E-state index < -0.39 is 0 Å². The molecule has 3 rings (SSSR count). The van der Waals surface area contributed by atoms with Crippen LogP contribution >= 0.6 is 11.9 Å². The van der Waals surface area contributed by atoms with Gasteiger partial charge in [0.05, 0.1) is 0 Å². The summed E-state index contributed by atoms with van der Waals surface area (Å²) >= 11 is 1.57. The SMILES string of the molecule is C1=Cc2ccccc2SN=C1N1CCNCC1. The molecule has 1 saturated heterocycles. The van der Waals surface area contributed by atoms with Gasteiger partial charge >= 0.3 is 0 Å². The van der Waals surface area contributed by atoms with Gasteiger partial charge < -0.3 is 10.2 Å². The molecular weight excluding hydrogens is 230 g/mol. The lowest BCUT2D eigenvalue weighted by Crippen LogP contribution is -2.45. The van der Waals surface area contributed by atoms with Crippen LogP contribution in [0.4, 0.5) is 0 Å². The van der Waals surface area contributed by atoms with Crippen molar-refractivity contribution in [1.29, 1.82) is 0 Å². The zero-order valence-electron chi connectivity index (χ0n) is 9.60. The maximum absolute atomic E-state index is 4.63. The van der Waals surface area contributed by atoms with Crippen molar-refractivity contribution in [2.45, 2.75) is 4.90 Å². The van der Waals surface area contributed by atoms with E-state index in [1.807, 2.05) is 0 Å². The molecule has 1 aromatic carbocycles. The van der Waals surface area contributed by atoms with Crippen molar-refractivity contribution in [3.8, 4) is 0 Å². The van der Waals surface area contributed by atoms with Gasteiger partial charge in [-0.15, -0.1) is 0 Å². The molecule has 0 aromatic heterocycles. The van der Waals surface area contributed by atoms with Gasteiger partial charge in [-0.05, 0) is 17.7 Å². The van der Waals surface area contributed by atoms with Crippen molar-refractivity contribution in [1.82, 2.24) is 10.2 Å². The first kappa shape index (κ1) is 10.9. The second-order valence-corrected chi connectivity index (χ2v) is 4.95. The molecular formula is C13H15N3S. The summed E-state index contributed by atoms with van der Waals surface area (Å²) in [4.78, 5) is 3.57. The Bertz CT molecular complexity index is 461. The fourth-order valence-corrected chi connectivity index (χ4v) is 2.80. The Hall–Kier alpha value is -1.26. The van der Waals surface area contributed by atoms with E-state index in [2.05, 4.69) is 51.0 Å². The van der Waals surface area contributed by atoms with Crippen LogP contribution in [0.5, 0.6) is 0 Å². The number of hydrogen-bond donors (Lipinski definition) is 1. The Balaban J connectivity index is 1.83. The minimum Gasteiger partial charge on any atom is -0.354 e. The molecule has 1 aromatic rings. The second kappa shape index (κ2) is 4.94. The number of nitrogens with one attached hydrogen (secondary N) is 1. The van der Waals surface area contributed by atoms with Crippen LogP contribution in [0.3, 0.4) is 0 Å². The summed E-state index contributed by atoms with van der Waals surface area (Å²) in [5, 5.41) is 3.36. The largest absolute Gasteiger partial charge is 0.354 e. The van der Waals surface area contributed by atoms with Crippen molar-refractivity contribution in [2.75, 3.05) is 26.2 Å². The van der Waals surface area contributed by atoms with Crippen molar-refractivity contribution < 1.29 is 0 Å². The lowest BCUT2D eigenvalue weighted by Gasteiger charge is -2.28. The fourth-order valence-electron chi connectivity index (χ4n) is 2.05. The predicted octanol–water partition coefficient (Wildman–Crippen LogP) is 2.02. The summed E-state index contributed by atoms with van der Waals surface area (Å²) < 4.78 is 4.63. The average molecular weight is 245 g/mol. The first-order valence-electron chi connectivity index (χ1n) is 5.91. The Morgan fingerprint density at radius 3 is 2.82 bits per heavy atom. The zero-order chi connectivity index (χ0) is 11.5. The number of fused-ring (bicyclic) bond motifs is 1. The average Bonchev–Trinajstić information content (AvgIpc) is 2.62. The lowest BCUT2D eigenvalue weighted by atomic mass is 10.2. The van der Waals surface area contributed by atoms with Gasteiger partial charge in [-0.3, -0.25) is 0 Å². The second-order valence-electron chi connectivity index (χ2n) is 4.15. The van der Waals surface area contributed by atoms with E-state index >= 15 is 0 Å². The summed E-state index contributed by atoms with van der Waals surface area (Å²) in [6.45, 7) is 4.18. The third-order valence-electron chi connectivity index (χ3n) is 3.01. The summed E-state index contributed by atoms with van der Waals surface area (Å²) in [6, 6.07) is 8.38. The molecule has 0 amide bonds. The van der Waals surface area contributed by atoms with Crippen LogP contribution in [0.2, 0.25) is 0 Å². The Kier molecular flexibility index (Phi) is 3.16. The van der Waals surface area contributed by atoms with Gasteiger partial charge in [0.1, 0.15) is 5.84 Å². The van der Waals surface area contributed by atoms with Gasteiger partial charge in [-0.1, -0.05) is 24.3 Å². The van der Waals surface area contributed by atoms with Crippen LogP contribution in [0.15, 0.2) is 39.6 Å². The van der Waals surface area contributed by atoms with E-state index in [4.69, 9.17) is 0 Å². The summed E-state index contributed by atoms with van der Waals surface area (Å²) in [5.74, 6) is 1.09. The number of amidine groups is 1. The molecule has 2 aliphatic heterocycles. The molecule has 0 saturated carbocycles. The van der Waals surface area contributed by atoms with E-state index in [1.165, 1.54) is 10.5 Å². The van der Waals surface area contributed by atoms with E-state index in [9.17, 15) is 0 Å². The van der Waals surface area contributed by atoms with E-state index in [0.29, 0.717) is 0 Å². The number of hydrogen-bond acceptors (Lipinski definition) is 4. The van der Waals surface area contributed by atoms with Gasteiger partial charge in [-0.25, -0.2) is 0 Å². The topological polar surface area (TPSA) is 27.6 Å². The Morgan fingerprint density at radius 2 is 1.94 bits per heavy atom. The van der Waals surface area contributed by atoms with Crippen LogP contribution in [0, 0.1) is 0 Å². The predicted molar refractivity (Wildman–Crippen MR) is 73.2 cm³/mol. The Labute approximate surface area is 106 Å². The summed E-state index contributed by atoms with van der Waals surface area (Å²) in [5.41, 5.74) is 1.26. The highest BCUT2D eigenvalue weighted by molar-refractivity contribution is 7.98. The molecule has 0 atom stereocenters. The minimum absolute atomic E-state index is 1.04. The van der Waals surface area contributed by atoms with Crippen molar-refractivity contribution in [2.24, 2.45) is 4.40 Å². The molecule has 2 aliphatic rings. The molecule has 0 unspecified atom stereocenters. The molecule has 1 fully saturated rings.